The minimum atomic E-state index is 0.345. The molecule has 1 heterocycles. The highest BCUT2D eigenvalue weighted by Crippen LogP contribution is 2.14. The summed E-state index contributed by atoms with van der Waals surface area (Å²) in [5, 5.41) is 0. The fourth-order valence-electron chi connectivity index (χ4n) is 1.68. The van der Waals surface area contributed by atoms with Crippen molar-refractivity contribution in [1.29, 1.82) is 0 Å². The fraction of sp³-hybridized carbons (Fsp3) is 0.900. The number of nitrogens with zero attached hydrogens (tertiary/aromatic N) is 1. The van der Waals surface area contributed by atoms with Gasteiger partial charge < -0.3 is 4.90 Å². The second-order valence-electron chi connectivity index (χ2n) is 3.89. The number of carbonyl (C=O) groups excluding carboxylic acids is 1. The molecule has 0 N–H and O–H groups in total. The standard InChI is InChI=1S/C10H19NOS/c1-9(5-8-13)4-7-11-6-2-3-10(11)12/h9,13H,2-8H2,1H3. The Morgan fingerprint density at radius 3 is 2.85 bits per heavy atom. The lowest BCUT2D eigenvalue weighted by molar-refractivity contribution is -0.127. The van der Waals surface area contributed by atoms with Crippen LogP contribution in [0.5, 0.6) is 0 Å². The van der Waals surface area contributed by atoms with Gasteiger partial charge in [0.1, 0.15) is 0 Å². The van der Waals surface area contributed by atoms with Crippen LogP contribution in [0.25, 0.3) is 0 Å². The summed E-state index contributed by atoms with van der Waals surface area (Å²) >= 11 is 4.20. The summed E-state index contributed by atoms with van der Waals surface area (Å²) in [6.07, 6.45) is 4.11. The van der Waals surface area contributed by atoms with Gasteiger partial charge in [-0.1, -0.05) is 6.92 Å². The predicted molar refractivity (Wildman–Crippen MR) is 58.1 cm³/mol. The molecule has 1 atom stereocenters. The van der Waals surface area contributed by atoms with Crippen molar-refractivity contribution >= 4 is 18.5 Å². The Labute approximate surface area is 86.1 Å². The molecule has 0 aromatic carbocycles. The molecular formula is C10H19NOS. The molecule has 0 saturated carbocycles. The van der Waals surface area contributed by atoms with Gasteiger partial charge in [-0.15, -0.1) is 0 Å². The zero-order valence-electron chi connectivity index (χ0n) is 8.33. The molecular weight excluding hydrogens is 182 g/mol. The average molecular weight is 201 g/mol. The fourth-order valence-corrected chi connectivity index (χ4v) is 2.12. The van der Waals surface area contributed by atoms with Gasteiger partial charge in [-0.3, -0.25) is 4.79 Å². The van der Waals surface area contributed by atoms with Crippen molar-refractivity contribution in [2.45, 2.75) is 32.6 Å². The summed E-state index contributed by atoms with van der Waals surface area (Å²) in [6.45, 7) is 4.16. The lowest BCUT2D eigenvalue weighted by atomic mass is 10.1. The molecule has 0 radical (unpaired) electrons. The normalized spacial score (nSPS) is 19.5. The van der Waals surface area contributed by atoms with Crippen molar-refractivity contribution in [3.8, 4) is 0 Å². The van der Waals surface area contributed by atoms with Gasteiger partial charge in [0.05, 0.1) is 0 Å². The molecule has 1 rings (SSSR count). The van der Waals surface area contributed by atoms with Gasteiger partial charge >= 0.3 is 0 Å². The van der Waals surface area contributed by atoms with Crippen LogP contribution in [-0.4, -0.2) is 29.6 Å². The van der Waals surface area contributed by atoms with Gasteiger partial charge in [0.2, 0.25) is 5.91 Å². The monoisotopic (exact) mass is 201 g/mol. The topological polar surface area (TPSA) is 20.3 Å². The summed E-state index contributed by atoms with van der Waals surface area (Å²) < 4.78 is 0. The Kier molecular flexibility index (Phi) is 4.64. The van der Waals surface area contributed by atoms with E-state index in [-0.39, 0.29) is 0 Å². The zero-order valence-corrected chi connectivity index (χ0v) is 9.22. The Balaban J connectivity index is 2.14. The molecule has 1 saturated heterocycles. The van der Waals surface area contributed by atoms with Crippen molar-refractivity contribution in [1.82, 2.24) is 4.90 Å². The lowest BCUT2D eigenvalue weighted by Crippen LogP contribution is -2.26. The van der Waals surface area contributed by atoms with E-state index in [1.807, 2.05) is 4.90 Å². The van der Waals surface area contributed by atoms with Gasteiger partial charge in [0.15, 0.2) is 0 Å². The van der Waals surface area contributed by atoms with Crippen LogP contribution in [0.2, 0.25) is 0 Å². The highest BCUT2D eigenvalue weighted by Gasteiger charge is 2.19. The van der Waals surface area contributed by atoms with Crippen LogP contribution in [0, 0.1) is 5.92 Å². The van der Waals surface area contributed by atoms with E-state index in [1.165, 1.54) is 0 Å². The maximum atomic E-state index is 11.3. The van der Waals surface area contributed by atoms with Crippen molar-refractivity contribution in [3.63, 3.8) is 0 Å². The second-order valence-corrected chi connectivity index (χ2v) is 4.34. The average Bonchev–Trinajstić information content (AvgIpc) is 2.48. The van der Waals surface area contributed by atoms with Crippen molar-refractivity contribution in [3.05, 3.63) is 0 Å². The maximum absolute atomic E-state index is 11.3. The molecule has 13 heavy (non-hydrogen) atoms. The van der Waals surface area contributed by atoms with Gasteiger partial charge in [-0.05, 0) is 30.9 Å². The Hall–Kier alpha value is -0.180. The third-order valence-electron chi connectivity index (χ3n) is 2.69. The first-order valence-electron chi connectivity index (χ1n) is 5.12. The highest BCUT2D eigenvalue weighted by molar-refractivity contribution is 7.80. The Morgan fingerprint density at radius 1 is 1.54 bits per heavy atom. The minimum absolute atomic E-state index is 0.345. The van der Waals surface area contributed by atoms with Crippen LogP contribution in [-0.2, 0) is 4.79 Å². The largest absolute Gasteiger partial charge is 0.343 e. The van der Waals surface area contributed by atoms with Crippen molar-refractivity contribution in [2.75, 3.05) is 18.8 Å². The van der Waals surface area contributed by atoms with Crippen LogP contribution < -0.4 is 0 Å². The quantitative estimate of drug-likeness (QED) is 0.674. The molecule has 76 valence electrons. The van der Waals surface area contributed by atoms with Crippen LogP contribution in [0.4, 0.5) is 0 Å². The van der Waals surface area contributed by atoms with Gasteiger partial charge in [0.25, 0.3) is 0 Å². The van der Waals surface area contributed by atoms with Crippen LogP contribution in [0.15, 0.2) is 0 Å². The molecule has 0 aromatic heterocycles. The second kappa shape index (κ2) is 5.53. The van der Waals surface area contributed by atoms with E-state index in [9.17, 15) is 4.79 Å². The molecule has 1 aliphatic heterocycles. The first-order chi connectivity index (χ1) is 6.24. The molecule has 1 fully saturated rings. The number of likely N-dealkylation sites (tertiary alicyclic amines) is 1. The predicted octanol–water partition coefficient (Wildman–Crippen LogP) is 1.95. The Bertz CT molecular complexity index is 172. The molecule has 1 aliphatic rings. The van der Waals surface area contributed by atoms with Crippen LogP contribution >= 0.6 is 12.6 Å². The number of hydrogen-bond acceptors (Lipinski definition) is 2. The molecule has 0 aliphatic carbocycles. The molecule has 0 aromatic rings. The van der Waals surface area contributed by atoms with E-state index in [4.69, 9.17) is 0 Å². The molecule has 0 spiro atoms. The van der Waals surface area contributed by atoms with Crippen molar-refractivity contribution < 1.29 is 4.79 Å². The van der Waals surface area contributed by atoms with E-state index < -0.39 is 0 Å². The molecule has 0 bridgehead atoms. The van der Waals surface area contributed by atoms with Crippen LogP contribution in [0.3, 0.4) is 0 Å². The summed E-state index contributed by atoms with van der Waals surface area (Å²) in [7, 11) is 0. The molecule has 3 heteroatoms. The number of hydrogen-bond donors (Lipinski definition) is 1. The summed E-state index contributed by atoms with van der Waals surface area (Å²) in [4.78, 5) is 13.3. The number of rotatable bonds is 5. The minimum Gasteiger partial charge on any atom is -0.343 e. The summed E-state index contributed by atoms with van der Waals surface area (Å²) in [5.41, 5.74) is 0. The maximum Gasteiger partial charge on any atom is 0.222 e. The Morgan fingerprint density at radius 2 is 2.31 bits per heavy atom. The smallest absolute Gasteiger partial charge is 0.222 e. The first-order valence-corrected chi connectivity index (χ1v) is 5.76. The SMILES string of the molecule is CC(CCS)CCN1CCCC1=O. The van der Waals surface area contributed by atoms with E-state index >= 15 is 0 Å². The third-order valence-corrected chi connectivity index (χ3v) is 2.94. The first kappa shape index (κ1) is 10.9. The van der Waals surface area contributed by atoms with Crippen LogP contribution in [0.1, 0.15) is 32.6 Å². The van der Waals surface area contributed by atoms with E-state index in [0.29, 0.717) is 11.8 Å². The number of carbonyl (C=O) groups is 1. The summed E-state index contributed by atoms with van der Waals surface area (Å²) in [6, 6.07) is 0. The van der Waals surface area contributed by atoms with E-state index in [2.05, 4.69) is 19.6 Å². The number of thiol groups is 1. The number of amides is 1. The summed E-state index contributed by atoms with van der Waals surface area (Å²) in [5.74, 6) is 2.00. The molecule has 2 nitrogen and oxygen atoms in total. The molecule has 1 amide bonds. The van der Waals surface area contributed by atoms with Gasteiger partial charge in [-0.2, -0.15) is 12.6 Å². The van der Waals surface area contributed by atoms with E-state index in [1.54, 1.807) is 0 Å². The zero-order chi connectivity index (χ0) is 9.68. The van der Waals surface area contributed by atoms with Gasteiger partial charge in [-0.25, -0.2) is 0 Å². The molecule has 1 unspecified atom stereocenters. The van der Waals surface area contributed by atoms with E-state index in [0.717, 1.165) is 44.5 Å². The highest BCUT2D eigenvalue weighted by atomic mass is 32.1. The van der Waals surface area contributed by atoms with Gasteiger partial charge in [0, 0.05) is 19.5 Å². The lowest BCUT2D eigenvalue weighted by Gasteiger charge is -2.17. The van der Waals surface area contributed by atoms with Crippen molar-refractivity contribution in [2.24, 2.45) is 5.92 Å². The third kappa shape index (κ3) is 3.59.